The molecule has 0 fully saturated rings. The lowest BCUT2D eigenvalue weighted by atomic mass is 10.2. The molecule has 2 aromatic heterocycles. The highest BCUT2D eigenvalue weighted by atomic mass is 35.5. The Bertz CT molecular complexity index is 795. The van der Waals surface area contributed by atoms with Gasteiger partial charge in [0.05, 0.1) is 11.5 Å². The molecule has 22 heavy (non-hydrogen) atoms. The second-order valence-corrected chi connectivity index (χ2v) is 5.25. The second kappa shape index (κ2) is 6.21. The molecule has 1 unspecified atom stereocenters. The number of anilines is 1. The van der Waals surface area contributed by atoms with Crippen LogP contribution in [0.25, 0.3) is 22.3 Å². The Labute approximate surface area is 132 Å². The lowest BCUT2D eigenvalue weighted by molar-refractivity contribution is 0.208. The maximum Gasteiger partial charge on any atom is 0.178 e. The Morgan fingerprint density at radius 3 is 2.73 bits per heavy atom. The Hall–Kier alpha value is -2.31. The molecule has 0 saturated carbocycles. The number of aliphatic hydroxyl groups is 1. The van der Waals surface area contributed by atoms with E-state index in [1.54, 1.807) is 13.1 Å². The molecule has 2 heterocycles. The van der Waals surface area contributed by atoms with Crippen molar-refractivity contribution in [1.82, 2.24) is 20.2 Å². The van der Waals surface area contributed by atoms with Crippen molar-refractivity contribution < 1.29 is 5.11 Å². The molecule has 3 rings (SSSR count). The van der Waals surface area contributed by atoms with E-state index in [1.165, 1.54) is 0 Å². The van der Waals surface area contributed by atoms with E-state index in [2.05, 4.69) is 25.5 Å². The highest BCUT2D eigenvalue weighted by Crippen LogP contribution is 2.26. The van der Waals surface area contributed by atoms with Crippen LogP contribution in [0.1, 0.15) is 6.92 Å². The predicted octanol–water partition coefficient (Wildman–Crippen LogP) is 2.53. The van der Waals surface area contributed by atoms with E-state index >= 15 is 0 Å². The molecule has 2 N–H and O–H groups in total. The van der Waals surface area contributed by atoms with E-state index in [1.807, 2.05) is 30.3 Å². The molecule has 6 nitrogen and oxygen atoms in total. The highest BCUT2D eigenvalue weighted by Gasteiger charge is 2.12. The minimum Gasteiger partial charge on any atom is -0.392 e. The van der Waals surface area contributed by atoms with Gasteiger partial charge >= 0.3 is 0 Å². The van der Waals surface area contributed by atoms with Crippen LogP contribution in [0.2, 0.25) is 5.15 Å². The normalized spacial score (nSPS) is 12.3. The van der Waals surface area contributed by atoms with Crippen LogP contribution in [0.15, 0.2) is 36.5 Å². The molecule has 0 spiro atoms. The maximum atomic E-state index is 9.37. The summed E-state index contributed by atoms with van der Waals surface area (Å²) in [4.78, 5) is 8.85. The van der Waals surface area contributed by atoms with Gasteiger partial charge in [0.15, 0.2) is 16.8 Å². The molecule has 0 radical (unpaired) electrons. The van der Waals surface area contributed by atoms with Crippen LogP contribution >= 0.6 is 11.6 Å². The fraction of sp³-hybridized carbons (Fsp3) is 0.200. The first-order chi connectivity index (χ1) is 10.6. The number of benzene rings is 1. The molecule has 1 atom stereocenters. The fourth-order valence-corrected chi connectivity index (χ4v) is 2.19. The van der Waals surface area contributed by atoms with Gasteiger partial charge in [-0.1, -0.05) is 41.9 Å². The summed E-state index contributed by atoms with van der Waals surface area (Å²) < 4.78 is 0. The van der Waals surface area contributed by atoms with E-state index < -0.39 is 6.10 Å². The fourth-order valence-electron chi connectivity index (χ4n) is 2.01. The van der Waals surface area contributed by atoms with Gasteiger partial charge in [0.1, 0.15) is 5.52 Å². The van der Waals surface area contributed by atoms with E-state index in [-0.39, 0.29) is 5.15 Å². The van der Waals surface area contributed by atoms with Gasteiger partial charge in [-0.3, -0.25) is 0 Å². The number of hydrogen-bond acceptors (Lipinski definition) is 6. The van der Waals surface area contributed by atoms with Crippen molar-refractivity contribution in [3.8, 4) is 11.4 Å². The summed E-state index contributed by atoms with van der Waals surface area (Å²) in [6.07, 6.45) is 1.16. The molecule has 0 bridgehead atoms. The van der Waals surface area contributed by atoms with Crippen molar-refractivity contribution >= 4 is 28.3 Å². The Kier molecular flexibility index (Phi) is 4.13. The van der Waals surface area contributed by atoms with Gasteiger partial charge in [0.2, 0.25) is 0 Å². The Morgan fingerprint density at radius 1 is 1.23 bits per heavy atom. The van der Waals surface area contributed by atoms with E-state index in [4.69, 9.17) is 11.6 Å². The van der Waals surface area contributed by atoms with E-state index in [9.17, 15) is 5.11 Å². The zero-order valence-corrected chi connectivity index (χ0v) is 12.6. The summed E-state index contributed by atoms with van der Waals surface area (Å²) in [5.74, 6) is 1.07. The Morgan fingerprint density at radius 2 is 2.00 bits per heavy atom. The monoisotopic (exact) mass is 315 g/mol. The molecular weight excluding hydrogens is 302 g/mol. The first kappa shape index (κ1) is 14.6. The van der Waals surface area contributed by atoms with Crippen molar-refractivity contribution in [2.24, 2.45) is 0 Å². The lowest BCUT2D eigenvalue weighted by Gasteiger charge is -2.10. The molecule has 7 heteroatoms. The molecule has 3 aromatic rings. The van der Waals surface area contributed by atoms with Crippen molar-refractivity contribution in [2.45, 2.75) is 13.0 Å². The van der Waals surface area contributed by atoms with Crippen molar-refractivity contribution in [2.75, 3.05) is 11.9 Å². The summed E-state index contributed by atoms with van der Waals surface area (Å²) in [7, 11) is 0. The molecule has 0 saturated heterocycles. The number of hydrogen-bond donors (Lipinski definition) is 2. The number of nitrogens with zero attached hydrogens (tertiary/aromatic N) is 4. The molecule has 112 valence electrons. The van der Waals surface area contributed by atoms with E-state index in [0.717, 1.165) is 5.56 Å². The number of fused-ring (bicyclic) bond motifs is 1. The molecule has 1 aromatic carbocycles. The standard InChI is InChI=1S/C15H14ClN5O/c1-9(22)7-17-15-11-8-18-14(10-5-3-2-4-6-10)19-12(11)13(16)20-21-15/h2-6,8-9,22H,7H2,1H3,(H,17,21). The van der Waals surface area contributed by atoms with Gasteiger partial charge in [0.25, 0.3) is 0 Å². The van der Waals surface area contributed by atoms with Crippen LogP contribution in [0.5, 0.6) is 0 Å². The molecule has 0 aliphatic heterocycles. The van der Waals surface area contributed by atoms with Crippen LogP contribution in [0.4, 0.5) is 5.82 Å². The number of nitrogens with one attached hydrogen (secondary N) is 1. The number of aliphatic hydroxyl groups excluding tert-OH is 1. The number of aromatic nitrogens is 4. The minimum atomic E-state index is -0.503. The van der Waals surface area contributed by atoms with Crippen LogP contribution in [0, 0.1) is 0 Å². The molecule has 0 aliphatic carbocycles. The summed E-state index contributed by atoms with van der Waals surface area (Å²) in [5.41, 5.74) is 1.43. The van der Waals surface area contributed by atoms with Crippen LogP contribution < -0.4 is 5.32 Å². The van der Waals surface area contributed by atoms with Crippen molar-refractivity contribution in [1.29, 1.82) is 0 Å². The van der Waals surface area contributed by atoms with Crippen LogP contribution in [-0.2, 0) is 0 Å². The largest absolute Gasteiger partial charge is 0.392 e. The highest BCUT2D eigenvalue weighted by molar-refractivity contribution is 6.34. The van der Waals surface area contributed by atoms with E-state index in [0.29, 0.717) is 29.1 Å². The summed E-state index contributed by atoms with van der Waals surface area (Å²) >= 11 is 6.11. The maximum absolute atomic E-state index is 9.37. The van der Waals surface area contributed by atoms with Gasteiger partial charge < -0.3 is 10.4 Å². The Balaban J connectivity index is 2.07. The van der Waals surface area contributed by atoms with Crippen LogP contribution in [-0.4, -0.2) is 37.9 Å². The third kappa shape index (κ3) is 2.98. The zero-order chi connectivity index (χ0) is 15.5. The lowest BCUT2D eigenvalue weighted by Crippen LogP contribution is -2.16. The molecular formula is C15H14ClN5O. The van der Waals surface area contributed by atoms with Gasteiger partial charge in [-0.15, -0.1) is 10.2 Å². The van der Waals surface area contributed by atoms with Gasteiger partial charge in [0, 0.05) is 18.3 Å². The smallest absolute Gasteiger partial charge is 0.178 e. The number of rotatable bonds is 4. The molecule has 0 amide bonds. The SMILES string of the molecule is CC(O)CNc1nnc(Cl)c2nc(-c3ccccc3)ncc12. The van der Waals surface area contributed by atoms with Gasteiger partial charge in [-0.25, -0.2) is 9.97 Å². The summed E-state index contributed by atoms with van der Waals surface area (Å²) in [6, 6.07) is 9.63. The molecule has 0 aliphatic rings. The topological polar surface area (TPSA) is 83.8 Å². The first-order valence-corrected chi connectivity index (χ1v) is 7.19. The third-order valence-corrected chi connectivity index (χ3v) is 3.33. The summed E-state index contributed by atoms with van der Waals surface area (Å²) in [6.45, 7) is 2.04. The third-order valence-electron chi connectivity index (χ3n) is 3.07. The zero-order valence-electron chi connectivity index (χ0n) is 11.9. The predicted molar refractivity (Wildman–Crippen MR) is 85.7 cm³/mol. The van der Waals surface area contributed by atoms with Crippen molar-refractivity contribution in [3.63, 3.8) is 0 Å². The van der Waals surface area contributed by atoms with Crippen molar-refractivity contribution in [3.05, 3.63) is 41.7 Å². The average Bonchev–Trinajstić information content (AvgIpc) is 2.55. The number of halogens is 1. The van der Waals surface area contributed by atoms with Gasteiger partial charge in [-0.2, -0.15) is 0 Å². The minimum absolute atomic E-state index is 0.220. The second-order valence-electron chi connectivity index (χ2n) is 4.89. The summed E-state index contributed by atoms with van der Waals surface area (Å²) in [5, 5.41) is 21.2. The van der Waals surface area contributed by atoms with Crippen LogP contribution in [0.3, 0.4) is 0 Å². The van der Waals surface area contributed by atoms with Gasteiger partial charge in [-0.05, 0) is 6.92 Å². The average molecular weight is 316 g/mol. The first-order valence-electron chi connectivity index (χ1n) is 6.81. The quantitative estimate of drug-likeness (QED) is 0.769.